The Morgan fingerprint density at radius 2 is 2.37 bits per heavy atom. The van der Waals surface area contributed by atoms with E-state index in [4.69, 9.17) is 4.74 Å². The standard InChI is InChI=1S/C14H17N3O2/c18-14(17-9-12-8-15-5-6-19-12)11-2-1-10-3-4-16-13(10)7-11/h1-4,7,12,15-16H,5-6,8-9H2,(H,17,18). The van der Waals surface area contributed by atoms with E-state index in [1.807, 2.05) is 30.5 Å². The van der Waals surface area contributed by atoms with Crippen molar-refractivity contribution in [1.29, 1.82) is 0 Å². The minimum atomic E-state index is -0.0642. The van der Waals surface area contributed by atoms with Crippen molar-refractivity contribution in [2.75, 3.05) is 26.2 Å². The normalized spacial score (nSPS) is 19.5. The minimum absolute atomic E-state index is 0.0620. The molecule has 1 aromatic heterocycles. The number of aromatic amines is 1. The van der Waals surface area contributed by atoms with Crippen LogP contribution in [0, 0.1) is 0 Å². The number of fused-ring (bicyclic) bond motifs is 1. The van der Waals surface area contributed by atoms with Gasteiger partial charge in [-0.2, -0.15) is 0 Å². The van der Waals surface area contributed by atoms with E-state index in [1.54, 1.807) is 0 Å². The number of hydrogen-bond acceptors (Lipinski definition) is 3. The maximum absolute atomic E-state index is 12.1. The molecule has 5 nitrogen and oxygen atoms in total. The molecule has 1 amide bonds. The molecule has 0 aliphatic carbocycles. The van der Waals surface area contributed by atoms with Crippen LogP contribution in [0.4, 0.5) is 0 Å². The summed E-state index contributed by atoms with van der Waals surface area (Å²) in [4.78, 5) is 15.2. The second-order valence-corrected chi connectivity index (χ2v) is 4.69. The summed E-state index contributed by atoms with van der Waals surface area (Å²) < 4.78 is 5.54. The van der Waals surface area contributed by atoms with Crippen LogP contribution in [0.25, 0.3) is 10.9 Å². The Bertz CT molecular complexity index is 573. The minimum Gasteiger partial charge on any atom is -0.374 e. The van der Waals surface area contributed by atoms with Gasteiger partial charge in [0.1, 0.15) is 0 Å². The molecule has 1 aliphatic rings. The van der Waals surface area contributed by atoms with Gasteiger partial charge in [0, 0.05) is 36.9 Å². The van der Waals surface area contributed by atoms with Gasteiger partial charge < -0.3 is 20.4 Å². The third-order valence-corrected chi connectivity index (χ3v) is 3.31. The Morgan fingerprint density at radius 3 is 3.21 bits per heavy atom. The molecule has 1 atom stereocenters. The Kier molecular flexibility index (Phi) is 3.48. The van der Waals surface area contributed by atoms with Gasteiger partial charge in [-0.1, -0.05) is 6.07 Å². The van der Waals surface area contributed by atoms with E-state index in [2.05, 4.69) is 15.6 Å². The van der Waals surface area contributed by atoms with Gasteiger partial charge in [-0.15, -0.1) is 0 Å². The number of aromatic nitrogens is 1. The Balaban J connectivity index is 1.62. The number of nitrogens with one attached hydrogen (secondary N) is 3. The van der Waals surface area contributed by atoms with Crippen molar-refractivity contribution in [3.05, 3.63) is 36.0 Å². The fourth-order valence-corrected chi connectivity index (χ4v) is 2.25. The number of carbonyl (C=O) groups excluding carboxylic acids is 1. The molecular formula is C14H17N3O2. The van der Waals surface area contributed by atoms with Gasteiger partial charge in [0.2, 0.25) is 0 Å². The van der Waals surface area contributed by atoms with Crippen LogP contribution in [-0.4, -0.2) is 43.2 Å². The van der Waals surface area contributed by atoms with Gasteiger partial charge in [0.25, 0.3) is 5.91 Å². The predicted octanol–water partition coefficient (Wildman–Crippen LogP) is 0.886. The first kappa shape index (κ1) is 12.2. The molecule has 1 aromatic carbocycles. The van der Waals surface area contributed by atoms with E-state index < -0.39 is 0 Å². The van der Waals surface area contributed by atoms with E-state index in [9.17, 15) is 4.79 Å². The third-order valence-electron chi connectivity index (χ3n) is 3.31. The Morgan fingerprint density at radius 1 is 1.42 bits per heavy atom. The number of H-pyrrole nitrogens is 1. The summed E-state index contributed by atoms with van der Waals surface area (Å²) in [7, 11) is 0. The lowest BCUT2D eigenvalue weighted by atomic mass is 10.1. The quantitative estimate of drug-likeness (QED) is 0.767. The number of benzene rings is 1. The van der Waals surface area contributed by atoms with E-state index in [-0.39, 0.29) is 12.0 Å². The summed E-state index contributed by atoms with van der Waals surface area (Å²) in [5.74, 6) is -0.0642. The molecule has 1 unspecified atom stereocenters. The van der Waals surface area contributed by atoms with Crippen molar-refractivity contribution in [3.63, 3.8) is 0 Å². The van der Waals surface area contributed by atoms with Crippen LogP contribution in [0.1, 0.15) is 10.4 Å². The molecule has 5 heteroatoms. The second kappa shape index (κ2) is 5.42. The third kappa shape index (κ3) is 2.77. The fourth-order valence-electron chi connectivity index (χ4n) is 2.25. The average molecular weight is 259 g/mol. The predicted molar refractivity (Wildman–Crippen MR) is 73.2 cm³/mol. The highest BCUT2D eigenvalue weighted by Crippen LogP contribution is 2.14. The monoisotopic (exact) mass is 259 g/mol. The molecule has 0 saturated carbocycles. The first-order valence-electron chi connectivity index (χ1n) is 6.50. The number of hydrogen-bond donors (Lipinski definition) is 3. The number of ether oxygens (including phenoxy) is 1. The first-order chi connectivity index (χ1) is 9.33. The summed E-state index contributed by atoms with van der Waals surface area (Å²) in [6.45, 7) is 2.91. The zero-order valence-electron chi connectivity index (χ0n) is 10.6. The van der Waals surface area contributed by atoms with Crippen molar-refractivity contribution in [2.45, 2.75) is 6.10 Å². The maximum atomic E-state index is 12.1. The zero-order valence-corrected chi connectivity index (χ0v) is 10.6. The van der Waals surface area contributed by atoms with Crippen LogP contribution >= 0.6 is 0 Å². The molecule has 2 aromatic rings. The van der Waals surface area contributed by atoms with Crippen molar-refractivity contribution in [2.24, 2.45) is 0 Å². The highest BCUT2D eigenvalue weighted by molar-refractivity contribution is 5.97. The second-order valence-electron chi connectivity index (χ2n) is 4.69. The van der Waals surface area contributed by atoms with Crippen LogP contribution < -0.4 is 10.6 Å². The molecule has 1 fully saturated rings. The smallest absolute Gasteiger partial charge is 0.251 e. The molecule has 3 rings (SSSR count). The van der Waals surface area contributed by atoms with Crippen LogP contribution in [0.15, 0.2) is 30.5 Å². The van der Waals surface area contributed by atoms with Gasteiger partial charge in [0.15, 0.2) is 0 Å². The summed E-state index contributed by atoms with van der Waals surface area (Å²) >= 11 is 0. The fraction of sp³-hybridized carbons (Fsp3) is 0.357. The molecule has 2 heterocycles. The molecular weight excluding hydrogens is 242 g/mol. The molecule has 1 saturated heterocycles. The van der Waals surface area contributed by atoms with Gasteiger partial charge in [-0.3, -0.25) is 4.79 Å². The highest BCUT2D eigenvalue weighted by Gasteiger charge is 2.15. The number of carbonyl (C=O) groups is 1. The van der Waals surface area contributed by atoms with Crippen molar-refractivity contribution >= 4 is 16.8 Å². The van der Waals surface area contributed by atoms with Crippen LogP contribution in [0.5, 0.6) is 0 Å². The van der Waals surface area contributed by atoms with Crippen LogP contribution in [0.2, 0.25) is 0 Å². The van der Waals surface area contributed by atoms with Crippen molar-refractivity contribution < 1.29 is 9.53 Å². The van der Waals surface area contributed by atoms with Crippen LogP contribution in [0.3, 0.4) is 0 Å². The largest absolute Gasteiger partial charge is 0.374 e. The van der Waals surface area contributed by atoms with Gasteiger partial charge in [-0.25, -0.2) is 0 Å². The lowest BCUT2D eigenvalue weighted by Gasteiger charge is -2.23. The zero-order chi connectivity index (χ0) is 13.1. The molecule has 0 spiro atoms. The highest BCUT2D eigenvalue weighted by atomic mass is 16.5. The van der Waals surface area contributed by atoms with Gasteiger partial charge >= 0.3 is 0 Å². The SMILES string of the molecule is O=C(NCC1CNCCO1)c1ccc2cc[nH]c2c1. The average Bonchev–Trinajstić information content (AvgIpc) is 2.93. The molecule has 1 aliphatic heterocycles. The Hall–Kier alpha value is -1.85. The van der Waals surface area contributed by atoms with Crippen LogP contribution in [-0.2, 0) is 4.74 Å². The van der Waals surface area contributed by atoms with E-state index >= 15 is 0 Å². The molecule has 0 radical (unpaired) electrons. The number of amides is 1. The van der Waals surface area contributed by atoms with Crippen molar-refractivity contribution in [1.82, 2.24) is 15.6 Å². The molecule has 100 valence electrons. The van der Waals surface area contributed by atoms with E-state index in [0.29, 0.717) is 18.7 Å². The summed E-state index contributed by atoms with van der Waals surface area (Å²) in [6, 6.07) is 7.63. The lowest BCUT2D eigenvalue weighted by molar-refractivity contribution is 0.0287. The van der Waals surface area contributed by atoms with Gasteiger partial charge in [0.05, 0.1) is 12.7 Å². The maximum Gasteiger partial charge on any atom is 0.251 e. The van der Waals surface area contributed by atoms with Gasteiger partial charge in [-0.05, 0) is 23.6 Å². The molecule has 19 heavy (non-hydrogen) atoms. The summed E-state index contributed by atoms with van der Waals surface area (Å²) in [5, 5.41) is 7.25. The number of rotatable bonds is 3. The molecule has 0 bridgehead atoms. The summed E-state index contributed by atoms with van der Waals surface area (Å²) in [6.07, 6.45) is 1.93. The topological polar surface area (TPSA) is 66.2 Å². The first-order valence-corrected chi connectivity index (χ1v) is 6.50. The number of morpholine rings is 1. The van der Waals surface area contributed by atoms with E-state index in [1.165, 1.54) is 0 Å². The summed E-state index contributed by atoms with van der Waals surface area (Å²) in [5.41, 5.74) is 1.64. The van der Waals surface area contributed by atoms with Crippen molar-refractivity contribution in [3.8, 4) is 0 Å². The van der Waals surface area contributed by atoms with E-state index in [0.717, 1.165) is 24.0 Å². The molecule has 3 N–H and O–H groups in total. The lowest BCUT2D eigenvalue weighted by Crippen LogP contribution is -2.45. The Labute approximate surface area is 111 Å².